The number of halogens is 2. The minimum absolute atomic E-state index is 0.135. The first-order valence-corrected chi connectivity index (χ1v) is 7.97. The van der Waals surface area contributed by atoms with E-state index in [0.717, 1.165) is 19.3 Å². The van der Waals surface area contributed by atoms with E-state index in [0.29, 0.717) is 27.9 Å². The summed E-state index contributed by atoms with van der Waals surface area (Å²) in [4.78, 5) is 12.5. The highest BCUT2D eigenvalue weighted by atomic mass is 35.5. The van der Waals surface area contributed by atoms with Gasteiger partial charge in [-0.2, -0.15) is 0 Å². The van der Waals surface area contributed by atoms with Gasteiger partial charge in [-0.15, -0.1) is 0 Å². The van der Waals surface area contributed by atoms with Crippen LogP contribution in [0.1, 0.15) is 46.7 Å². The molecule has 0 heterocycles. The Morgan fingerprint density at radius 3 is 2.71 bits per heavy atom. The predicted octanol–water partition coefficient (Wildman–Crippen LogP) is 5.69. The smallest absolute Gasteiger partial charge is 0.163 e. The molecule has 1 unspecified atom stereocenters. The summed E-state index contributed by atoms with van der Waals surface area (Å²) < 4.78 is 0. The van der Waals surface area contributed by atoms with Crippen molar-refractivity contribution in [2.45, 2.75) is 31.6 Å². The summed E-state index contributed by atoms with van der Waals surface area (Å²) in [6.45, 7) is 0. The maximum atomic E-state index is 12.5. The molecule has 0 fully saturated rings. The van der Waals surface area contributed by atoms with Gasteiger partial charge in [0.15, 0.2) is 5.78 Å². The summed E-state index contributed by atoms with van der Waals surface area (Å²) in [6, 6.07) is 13.6. The van der Waals surface area contributed by atoms with Crippen molar-refractivity contribution in [3.63, 3.8) is 0 Å². The quantitative estimate of drug-likeness (QED) is 0.665. The monoisotopic (exact) mass is 318 g/mol. The van der Waals surface area contributed by atoms with Gasteiger partial charge in [-0.1, -0.05) is 47.5 Å². The van der Waals surface area contributed by atoms with Crippen molar-refractivity contribution in [1.29, 1.82) is 0 Å². The Morgan fingerprint density at radius 2 is 1.90 bits per heavy atom. The van der Waals surface area contributed by atoms with E-state index < -0.39 is 0 Å². The lowest BCUT2D eigenvalue weighted by Crippen LogP contribution is -2.14. The molecular weight excluding hydrogens is 303 g/mol. The Bertz CT molecular complexity index is 679. The predicted molar refractivity (Wildman–Crippen MR) is 87.5 cm³/mol. The van der Waals surface area contributed by atoms with Gasteiger partial charge in [0, 0.05) is 12.0 Å². The zero-order valence-corrected chi connectivity index (χ0v) is 13.1. The number of ketones is 1. The second-order valence-corrected chi connectivity index (χ2v) is 6.36. The molecule has 21 heavy (non-hydrogen) atoms. The van der Waals surface area contributed by atoms with Crippen LogP contribution in [-0.2, 0) is 6.42 Å². The van der Waals surface area contributed by atoms with E-state index in [1.807, 2.05) is 0 Å². The minimum Gasteiger partial charge on any atom is -0.294 e. The maximum absolute atomic E-state index is 12.5. The van der Waals surface area contributed by atoms with Gasteiger partial charge in [0.2, 0.25) is 0 Å². The first kappa shape index (κ1) is 14.6. The van der Waals surface area contributed by atoms with Gasteiger partial charge >= 0.3 is 0 Å². The highest BCUT2D eigenvalue weighted by molar-refractivity contribution is 6.42. The van der Waals surface area contributed by atoms with Gasteiger partial charge in [0.05, 0.1) is 10.0 Å². The van der Waals surface area contributed by atoms with Crippen molar-refractivity contribution in [3.05, 3.63) is 69.2 Å². The minimum atomic E-state index is 0.135. The molecule has 3 rings (SSSR count). The normalized spacial score (nSPS) is 17.3. The van der Waals surface area contributed by atoms with E-state index in [-0.39, 0.29) is 5.78 Å². The lowest BCUT2D eigenvalue weighted by Gasteiger charge is -2.25. The molecule has 0 saturated heterocycles. The van der Waals surface area contributed by atoms with Gasteiger partial charge in [-0.25, -0.2) is 0 Å². The molecule has 0 spiro atoms. The number of rotatable bonds is 3. The fraction of sp³-hybridized carbons (Fsp3) is 0.278. The largest absolute Gasteiger partial charge is 0.294 e. The molecular formula is C18H16Cl2O. The number of Topliss-reactive ketones (excluding diaryl/α,β-unsaturated/α-hetero) is 1. The summed E-state index contributed by atoms with van der Waals surface area (Å²) >= 11 is 11.9. The van der Waals surface area contributed by atoms with E-state index in [2.05, 4.69) is 24.3 Å². The molecule has 2 aromatic rings. The van der Waals surface area contributed by atoms with Crippen molar-refractivity contribution in [1.82, 2.24) is 0 Å². The summed E-state index contributed by atoms with van der Waals surface area (Å²) in [6.07, 6.45) is 3.88. The third-order valence-electron chi connectivity index (χ3n) is 4.17. The topological polar surface area (TPSA) is 17.1 Å². The van der Waals surface area contributed by atoms with Gasteiger partial charge in [0.25, 0.3) is 0 Å². The molecule has 0 N–H and O–H groups in total. The molecule has 2 aromatic carbocycles. The summed E-state index contributed by atoms with van der Waals surface area (Å²) in [5.74, 6) is 0.451. The van der Waals surface area contributed by atoms with Gasteiger partial charge in [-0.3, -0.25) is 4.79 Å². The number of aryl methyl sites for hydroxylation is 1. The number of hydrogen-bond acceptors (Lipinski definition) is 1. The number of fused-ring (bicyclic) bond motifs is 1. The Morgan fingerprint density at radius 1 is 1.10 bits per heavy atom. The fourth-order valence-corrected chi connectivity index (χ4v) is 3.38. The first-order chi connectivity index (χ1) is 10.1. The summed E-state index contributed by atoms with van der Waals surface area (Å²) in [7, 11) is 0. The zero-order valence-electron chi connectivity index (χ0n) is 11.6. The first-order valence-electron chi connectivity index (χ1n) is 7.21. The summed E-state index contributed by atoms with van der Waals surface area (Å²) in [5, 5.41) is 0.919. The average Bonchev–Trinajstić information content (AvgIpc) is 2.50. The van der Waals surface area contributed by atoms with Crippen molar-refractivity contribution in [2.75, 3.05) is 0 Å². The van der Waals surface area contributed by atoms with Crippen LogP contribution in [-0.4, -0.2) is 5.78 Å². The van der Waals surface area contributed by atoms with Gasteiger partial charge < -0.3 is 0 Å². The Kier molecular flexibility index (Phi) is 4.32. The molecule has 0 radical (unpaired) electrons. The van der Waals surface area contributed by atoms with E-state index in [9.17, 15) is 4.79 Å². The van der Waals surface area contributed by atoms with Gasteiger partial charge in [0.1, 0.15) is 0 Å². The van der Waals surface area contributed by atoms with Crippen LogP contribution in [0.3, 0.4) is 0 Å². The van der Waals surface area contributed by atoms with E-state index in [1.54, 1.807) is 18.2 Å². The van der Waals surface area contributed by atoms with E-state index in [4.69, 9.17) is 23.2 Å². The molecule has 0 saturated carbocycles. The molecule has 1 nitrogen and oxygen atoms in total. The standard InChI is InChI=1S/C18H16Cl2O/c19-16-9-8-14(10-17(16)20)18(21)11-13-6-3-5-12-4-1-2-7-15(12)13/h1-2,4,7-10,13H,3,5-6,11H2. The van der Waals surface area contributed by atoms with Crippen molar-refractivity contribution >= 4 is 29.0 Å². The second kappa shape index (κ2) is 6.21. The fourth-order valence-electron chi connectivity index (χ4n) is 3.08. The van der Waals surface area contributed by atoms with Crippen LogP contribution < -0.4 is 0 Å². The van der Waals surface area contributed by atoms with Crippen LogP contribution in [0, 0.1) is 0 Å². The number of hydrogen-bond donors (Lipinski definition) is 0. The number of carbonyl (C=O) groups is 1. The van der Waals surface area contributed by atoms with Crippen LogP contribution in [0.25, 0.3) is 0 Å². The lowest BCUT2D eigenvalue weighted by molar-refractivity contribution is 0.0971. The molecule has 108 valence electrons. The van der Waals surface area contributed by atoms with Crippen molar-refractivity contribution in [3.8, 4) is 0 Å². The van der Waals surface area contributed by atoms with Crippen LogP contribution in [0.5, 0.6) is 0 Å². The van der Waals surface area contributed by atoms with Crippen LogP contribution >= 0.6 is 23.2 Å². The molecule has 3 heteroatoms. The second-order valence-electron chi connectivity index (χ2n) is 5.54. The number of carbonyl (C=O) groups excluding carboxylic acids is 1. The molecule has 1 aliphatic rings. The van der Waals surface area contributed by atoms with Crippen LogP contribution in [0.15, 0.2) is 42.5 Å². The molecule has 0 amide bonds. The van der Waals surface area contributed by atoms with Crippen LogP contribution in [0.4, 0.5) is 0 Å². The highest BCUT2D eigenvalue weighted by Gasteiger charge is 2.23. The van der Waals surface area contributed by atoms with Crippen molar-refractivity contribution < 1.29 is 4.79 Å². The molecule has 0 aliphatic heterocycles. The lowest BCUT2D eigenvalue weighted by atomic mass is 9.79. The highest BCUT2D eigenvalue weighted by Crippen LogP contribution is 2.35. The molecule has 1 atom stereocenters. The Labute approximate surface area is 134 Å². The average molecular weight is 319 g/mol. The van der Waals surface area contributed by atoms with E-state index in [1.165, 1.54) is 11.1 Å². The van der Waals surface area contributed by atoms with Crippen LogP contribution in [0.2, 0.25) is 10.0 Å². The van der Waals surface area contributed by atoms with Crippen molar-refractivity contribution in [2.24, 2.45) is 0 Å². The summed E-state index contributed by atoms with van der Waals surface area (Å²) in [5.41, 5.74) is 3.36. The third-order valence-corrected chi connectivity index (χ3v) is 4.91. The third kappa shape index (κ3) is 3.14. The molecule has 0 bridgehead atoms. The SMILES string of the molecule is O=C(CC1CCCc2ccccc21)c1ccc(Cl)c(Cl)c1. The zero-order chi connectivity index (χ0) is 14.8. The van der Waals surface area contributed by atoms with Gasteiger partial charge in [-0.05, 0) is 54.5 Å². The molecule has 0 aromatic heterocycles. The molecule has 1 aliphatic carbocycles. The van der Waals surface area contributed by atoms with E-state index >= 15 is 0 Å². The number of benzene rings is 2. The maximum Gasteiger partial charge on any atom is 0.163 e. The Balaban J connectivity index is 1.81. The Hall–Kier alpha value is -1.31.